The third-order valence-electron chi connectivity index (χ3n) is 4.22. The molecule has 1 N–H and O–H groups in total. The zero-order valence-electron chi connectivity index (χ0n) is 14.2. The molecule has 0 spiro atoms. The largest absolute Gasteiger partial charge is 0.490 e. The summed E-state index contributed by atoms with van der Waals surface area (Å²) < 4.78 is 11.5. The lowest BCUT2D eigenvalue weighted by Gasteiger charge is -2.17. The van der Waals surface area contributed by atoms with E-state index >= 15 is 0 Å². The summed E-state index contributed by atoms with van der Waals surface area (Å²) in [4.78, 5) is 0. The van der Waals surface area contributed by atoms with Gasteiger partial charge in [0.15, 0.2) is 11.5 Å². The van der Waals surface area contributed by atoms with Crippen LogP contribution in [0.1, 0.15) is 64.4 Å². The van der Waals surface area contributed by atoms with E-state index < -0.39 is 0 Å². The van der Waals surface area contributed by atoms with Crippen LogP contribution in [0.2, 0.25) is 0 Å². The van der Waals surface area contributed by atoms with Gasteiger partial charge in [0.05, 0.1) is 13.2 Å². The number of hydrogen-bond donors (Lipinski definition) is 1. The van der Waals surface area contributed by atoms with E-state index in [4.69, 9.17) is 9.47 Å². The van der Waals surface area contributed by atoms with Gasteiger partial charge in [-0.05, 0) is 43.9 Å². The van der Waals surface area contributed by atoms with E-state index in [1.54, 1.807) is 0 Å². The first-order valence-electron chi connectivity index (χ1n) is 8.95. The van der Waals surface area contributed by atoms with Crippen molar-refractivity contribution in [2.24, 2.45) is 0 Å². The molecule has 3 nitrogen and oxygen atoms in total. The Bertz CT molecular complexity index is 425. The van der Waals surface area contributed by atoms with Gasteiger partial charge in [-0.25, -0.2) is 0 Å². The second kappa shape index (κ2) is 9.73. The standard InChI is InChI=1S/C19H31NO2/c1-3-13-22-18-12-11-16(14-19(18)21-4-2)15-20-17-9-7-5-6-8-10-17/h11-12,14,17,20H,3-10,13,15H2,1-2H3. The Morgan fingerprint density at radius 2 is 1.77 bits per heavy atom. The van der Waals surface area contributed by atoms with E-state index in [0.717, 1.165) is 31.1 Å². The van der Waals surface area contributed by atoms with Crippen molar-refractivity contribution >= 4 is 0 Å². The summed E-state index contributed by atoms with van der Waals surface area (Å²) >= 11 is 0. The normalized spacial score (nSPS) is 16.3. The van der Waals surface area contributed by atoms with E-state index in [2.05, 4.69) is 24.4 Å². The summed E-state index contributed by atoms with van der Waals surface area (Å²) in [6.45, 7) is 6.45. The zero-order valence-corrected chi connectivity index (χ0v) is 14.2. The van der Waals surface area contributed by atoms with E-state index in [0.29, 0.717) is 12.6 Å². The second-order valence-corrected chi connectivity index (χ2v) is 6.13. The van der Waals surface area contributed by atoms with Crippen LogP contribution in [0, 0.1) is 0 Å². The van der Waals surface area contributed by atoms with Crippen LogP contribution in [0.25, 0.3) is 0 Å². The molecule has 1 aromatic carbocycles. The molecule has 0 aliphatic heterocycles. The maximum absolute atomic E-state index is 5.76. The van der Waals surface area contributed by atoms with Crippen LogP contribution in [-0.2, 0) is 6.54 Å². The molecule has 0 atom stereocenters. The Morgan fingerprint density at radius 1 is 1.00 bits per heavy atom. The summed E-state index contributed by atoms with van der Waals surface area (Å²) in [5.74, 6) is 1.73. The lowest BCUT2D eigenvalue weighted by Crippen LogP contribution is -2.27. The predicted molar refractivity (Wildman–Crippen MR) is 91.7 cm³/mol. The highest BCUT2D eigenvalue weighted by molar-refractivity contribution is 5.43. The average Bonchev–Trinajstić information content (AvgIpc) is 2.81. The first-order valence-corrected chi connectivity index (χ1v) is 8.95. The fourth-order valence-electron chi connectivity index (χ4n) is 3.01. The molecule has 3 heteroatoms. The van der Waals surface area contributed by atoms with Gasteiger partial charge in [-0.3, -0.25) is 0 Å². The van der Waals surface area contributed by atoms with Crippen molar-refractivity contribution in [1.29, 1.82) is 0 Å². The summed E-state index contributed by atoms with van der Waals surface area (Å²) in [5, 5.41) is 3.71. The fourth-order valence-corrected chi connectivity index (χ4v) is 3.01. The van der Waals surface area contributed by atoms with E-state index in [1.807, 2.05) is 13.0 Å². The van der Waals surface area contributed by atoms with Crippen LogP contribution >= 0.6 is 0 Å². The van der Waals surface area contributed by atoms with Gasteiger partial charge in [-0.1, -0.05) is 38.7 Å². The molecular formula is C19H31NO2. The molecule has 124 valence electrons. The maximum Gasteiger partial charge on any atom is 0.161 e. The number of hydrogen-bond acceptors (Lipinski definition) is 3. The molecule has 0 amide bonds. The topological polar surface area (TPSA) is 30.5 Å². The fraction of sp³-hybridized carbons (Fsp3) is 0.684. The van der Waals surface area contributed by atoms with Crippen molar-refractivity contribution in [2.45, 2.75) is 71.4 Å². The Labute approximate surface area is 135 Å². The van der Waals surface area contributed by atoms with Gasteiger partial charge in [0.2, 0.25) is 0 Å². The van der Waals surface area contributed by atoms with Crippen LogP contribution < -0.4 is 14.8 Å². The molecule has 0 bridgehead atoms. The number of benzene rings is 1. The van der Waals surface area contributed by atoms with Crippen LogP contribution in [0.5, 0.6) is 11.5 Å². The molecular weight excluding hydrogens is 274 g/mol. The molecule has 1 aliphatic carbocycles. The molecule has 1 saturated carbocycles. The van der Waals surface area contributed by atoms with Crippen LogP contribution in [0.3, 0.4) is 0 Å². The molecule has 1 aromatic rings. The molecule has 1 aliphatic rings. The molecule has 0 unspecified atom stereocenters. The van der Waals surface area contributed by atoms with Crippen molar-refractivity contribution < 1.29 is 9.47 Å². The minimum Gasteiger partial charge on any atom is -0.490 e. The second-order valence-electron chi connectivity index (χ2n) is 6.13. The van der Waals surface area contributed by atoms with Gasteiger partial charge in [-0.2, -0.15) is 0 Å². The highest BCUT2D eigenvalue weighted by atomic mass is 16.5. The van der Waals surface area contributed by atoms with Crippen LogP contribution in [0.4, 0.5) is 0 Å². The Morgan fingerprint density at radius 3 is 2.45 bits per heavy atom. The van der Waals surface area contributed by atoms with Gasteiger partial charge >= 0.3 is 0 Å². The first-order chi connectivity index (χ1) is 10.8. The monoisotopic (exact) mass is 305 g/mol. The highest BCUT2D eigenvalue weighted by Gasteiger charge is 2.12. The minimum atomic E-state index is 0.669. The van der Waals surface area contributed by atoms with E-state index in [1.165, 1.54) is 44.1 Å². The van der Waals surface area contributed by atoms with Gasteiger partial charge in [-0.15, -0.1) is 0 Å². The Hall–Kier alpha value is -1.22. The SMILES string of the molecule is CCCOc1ccc(CNC2CCCCCC2)cc1OCC. The van der Waals surface area contributed by atoms with Crippen molar-refractivity contribution in [3.05, 3.63) is 23.8 Å². The summed E-state index contributed by atoms with van der Waals surface area (Å²) in [6.07, 6.45) is 9.17. The average molecular weight is 305 g/mol. The Balaban J connectivity index is 1.93. The predicted octanol–water partition coefficient (Wildman–Crippen LogP) is 4.69. The summed E-state index contributed by atoms with van der Waals surface area (Å²) in [5.41, 5.74) is 1.27. The highest BCUT2D eigenvalue weighted by Crippen LogP contribution is 2.29. The zero-order chi connectivity index (χ0) is 15.6. The van der Waals surface area contributed by atoms with Gasteiger partial charge in [0.25, 0.3) is 0 Å². The lowest BCUT2D eigenvalue weighted by molar-refractivity contribution is 0.276. The molecule has 0 heterocycles. The van der Waals surface area contributed by atoms with Gasteiger partial charge in [0, 0.05) is 12.6 Å². The number of ether oxygens (including phenoxy) is 2. The maximum atomic E-state index is 5.76. The van der Waals surface area contributed by atoms with Crippen molar-refractivity contribution in [1.82, 2.24) is 5.32 Å². The van der Waals surface area contributed by atoms with E-state index in [9.17, 15) is 0 Å². The molecule has 2 rings (SSSR count). The quantitative estimate of drug-likeness (QED) is 0.707. The third kappa shape index (κ3) is 5.53. The lowest BCUT2D eigenvalue weighted by atomic mass is 10.1. The summed E-state index contributed by atoms with van der Waals surface area (Å²) in [6, 6.07) is 6.99. The third-order valence-corrected chi connectivity index (χ3v) is 4.22. The number of rotatable bonds is 8. The van der Waals surface area contributed by atoms with Gasteiger partial charge in [0.1, 0.15) is 0 Å². The first kappa shape index (κ1) is 17.1. The van der Waals surface area contributed by atoms with Crippen molar-refractivity contribution in [3.63, 3.8) is 0 Å². The molecule has 0 saturated heterocycles. The van der Waals surface area contributed by atoms with E-state index in [-0.39, 0.29) is 0 Å². The van der Waals surface area contributed by atoms with Crippen LogP contribution in [-0.4, -0.2) is 19.3 Å². The minimum absolute atomic E-state index is 0.669. The van der Waals surface area contributed by atoms with Crippen molar-refractivity contribution in [3.8, 4) is 11.5 Å². The number of nitrogens with one attached hydrogen (secondary N) is 1. The summed E-state index contributed by atoms with van der Waals surface area (Å²) in [7, 11) is 0. The molecule has 0 aromatic heterocycles. The van der Waals surface area contributed by atoms with Crippen LogP contribution in [0.15, 0.2) is 18.2 Å². The molecule has 1 fully saturated rings. The molecule has 22 heavy (non-hydrogen) atoms. The van der Waals surface area contributed by atoms with Gasteiger partial charge < -0.3 is 14.8 Å². The molecule has 0 radical (unpaired) electrons. The smallest absolute Gasteiger partial charge is 0.161 e. The Kier molecular flexibility index (Phi) is 7.58. The van der Waals surface area contributed by atoms with Crippen molar-refractivity contribution in [2.75, 3.05) is 13.2 Å².